The molecule has 1 heterocycles. The Morgan fingerprint density at radius 1 is 1.08 bits per heavy atom. The van der Waals surface area contributed by atoms with Crippen LogP contribution in [0.2, 0.25) is 0 Å². The van der Waals surface area contributed by atoms with Crippen molar-refractivity contribution in [1.82, 2.24) is 9.97 Å². The van der Waals surface area contributed by atoms with Crippen LogP contribution in [0.1, 0.15) is 75.6 Å². The molecule has 1 aromatic heterocycles. The molecule has 25 heavy (non-hydrogen) atoms. The number of hydrogen-bond donors (Lipinski definition) is 2. The normalized spacial score (nSPS) is 20.6. The molecule has 0 spiro atoms. The summed E-state index contributed by atoms with van der Waals surface area (Å²) in [4.78, 5) is 9.16. The van der Waals surface area contributed by atoms with E-state index in [0.29, 0.717) is 24.7 Å². The van der Waals surface area contributed by atoms with Gasteiger partial charge in [0, 0.05) is 24.9 Å². The summed E-state index contributed by atoms with van der Waals surface area (Å²) in [6.45, 7) is 2.58. The standard InChI is InChI=1S/C17H28N2O.CH4O3S/c1-2-3-4-5-6-15-11-18-17(19-12-15)16-9-7-14(13-20)8-10-16;1-5(2,3)4/h11-12,14,16,20H,2-10,13H2,1H3;1H3,(H,2,3,4). The summed E-state index contributed by atoms with van der Waals surface area (Å²) in [5.41, 5.74) is 1.27. The van der Waals surface area contributed by atoms with E-state index in [9.17, 15) is 13.5 Å². The van der Waals surface area contributed by atoms with Gasteiger partial charge in [0.2, 0.25) is 0 Å². The van der Waals surface area contributed by atoms with Crippen molar-refractivity contribution in [3.05, 3.63) is 23.8 Å². The van der Waals surface area contributed by atoms with Crippen molar-refractivity contribution in [2.45, 2.75) is 70.6 Å². The highest BCUT2D eigenvalue weighted by Crippen LogP contribution is 2.33. The Morgan fingerprint density at radius 3 is 2.12 bits per heavy atom. The van der Waals surface area contributed by atoms with E-state index in [1.54, 1.807) is 0 Å². The highest BCUT2D eigenvalue weighted by molar-refractivity contribution is 7.85. The third-order valence-electron chi connectivity index (χ3n) is 4.51. The molecule has 144 valence electrons. The topological polar surface area (TPSA) is 100 Å². The van der Waals surface area contributed by atoms with Gasteiger partial charge in [-0.1, -0.05) is 26.2 Å². The summed E-state index contributed by atoms with van der Waals surface area (Å²) >= 11 is 0. The van der Waals surface area contributed by atoms with E-state index in [1.807, 2.05) is 12.4 Å². The van der Waals surface area contributed by atoms with E-state index >= 15 is 0 Å². The van der Waals surface area contributed by atoms with Crippen LogP contribution in [0.4, 0.5) is 0 Å². The highest BCUT2D eigenvalue weighted by atomic mass is 32.2. The van der Waals surface area contributed by atoms with E-state index in [0.717, 1.165) is 37.9 Å². The lowest BCUT2D eigenvalue weighted by Crippen LogP contribution is -2.17. The number of aryl methyl sites for hydroxylation is 1. The summed E-state index contributed by atoms with van der Waals surface area (Å²) in [5, 5.41) is 9.17. The van der Waals surface area contributed by atoms with Crippen LogP contribution < -0.4 is 0 Å². The molecule has 0 bridgehead atoms. The third-order valence-corrected chi connectivity index (χ3v) is 4.51. The smallest absolute Gasteiger partial charge is 0.261 e. The number of aliphatic hydroxyl groups excluding tert-OH is 1. The Labute approximate surface area is 151 Å². The molecular weight excluding hydrogens is 340 g/mol. The van der Waals surface area contributed by atoms with E-state index in [2.05, 4.69) is 16.9 Å². The Hall–Kier alpha value is -1.05. The average molecular weight is 373 g/mol. The molecule has 2 N–H and O–H groups in total. The fraction of sp³-hybridized carbons (Fsp3) is 0.778. The quantitative estimate of drug-likeness (QED) is 0.562. The number of aromatic nitrogens is 2. The molecule has 1 aliphatic rings. The van der Waals surface area contributed by atoms with Crippen molar-refractivity contribution in [2.24, 2.45) is 5.92 Å². The Morgan fingerprint density at radius 2 is 1.64 bits per heavy atom. The summed E-state index contributed by atoms with van der Waals surface area (Å²) < 4.78 is 25.9. The predicted octanol–water partition coefficient (Wildman–Crippen LogP) is 3.37. The SMILES string of the molecule is CCCCCCc1cnc(C2CCC(CO)CC2)nc1.CS(=O)(=O)O. The first-order chi connectivity index (χ1) is 11.8. The molecule has 1 aliphatic carbocycles. The molecule has 0 aromatic carbocycles. The molecule has 2 rings (SSSR count). The first-order valence-electron chi connectivity index (χ1n) is 9.17. The molecule has 0 amide bonds. The molecule has 1 saturated carbocycles. The van der Waals surface area contributed by atoms with Crippen LogP contribution in [0.15, 0.2) is 12.4 Å². The first-order valence-corrected chi connectivity index (χ1v) is 11.0. The molecule has 0 atom stereocenters. The lowest BCUT2D eigenvalue weighted by molar-refractivity contribution is 0.181. The van der Waals surface area contributed by atoms with Gasteiger partial charge in [-0.3, -0.25) is 4.55 Å². The van der Waals surface area contributed by atoms with Gasteiger partial charge in [-0.25, -0.2) is 9.97 Å². The molecule has 1 aromatic rings. The summed E-state index contributed by atoms with van der Waals surface area (Å²) in [7, 11) is -3.67. The average Bonchev–Trinajstić information content (AvgIpc) is 2.58. The molecule has 1 fully saturated rings. The maximum atomic E-state index is 9.19. The minimum atomic E-state index is -3.67. The van der Waals surface area contributed by atoms with Gasteiger partial charge in [0.1, 0.15) is 5.82 Å². The van der Waals surface area contributed by atoms with Crippen molar-refractivity contribution in [1.29, 1.82) is 0 Å². The molecule has 0 aliphatic heterocycles. The summed E-state index contributed by atoms with van der Waals surface area (Å²) in [6, 6.07) is 0. The summed E-state index contributed by atoms with van der Waals surface area (Å²) in [6.07, 6.45) is 15.5. The van der Waals surface area contributed by atoms with Crippen molar-refractivity contribution in [3.63, 3.8) is 0 Å². The van der Waals surface area contributed by atoms with Crippen LogP contribution in [-0.2, 0) is 16.5 Å². The van der Waals surface area contributed by atoms with Crippen LogP contribution in [0, 0.1) is 5.92 Å². The van der Waals surface area contributed by atoms with Crippen molar-refractivity contribution in [2.75, 3.05) is 12.9 Å². The molecular formula is C18H32N2O4S. The maximum Gasteiger partial charge on any atom is 0.261 e. The number of aliphatic hydroxyl groups is 1. The van der Waals surface area contributed by atoms with Gasteiger partial charge in [-0.15, -0.1) is 0 Å². The largest absolute Gasteiger partial charge is 0.396 e. The van der Waals surface area contributed by atoms with Gasteiger partial charge in [0.15, 0.2) is 0 Å². The van der Waals surface area contributed by atoms with Crippen LogP contribution in [0.25, 0.3) is 0 Å². The predicted molar refractivity (Wildman–Crippen MR) is 99.1 cm³/mol. The van der Waals surface area contributed by atoms with E-state index < -0.39 is 10.1 Å². The zero-order valence-corrected chi connectivity index (χ0v) is 16.2. The van der Waals surface area contributed by atoms with E-state index in [4.69, 9.17) is 4.55 Å². The van der Waals surface area contributed by atoms with Gasteiger partial charge < -0.3 is 5.11 Å². The molecule has 7 heteroatoms. The van der Waals surface area contributed by atoms with Gasteiger partial charge in [0.05, 0.1) is 6.26 Å². The zero-order chi connectivity index (χ0) is 18.7. The first kappa shape index (κ1) is 22.0. The number of unbranched alkanes of at least 4 members (excludes halogenated alkanes) is 3. The maximum absolute atomic E-state index is 9.19. The lowest BCUT2D eigenvalue weighted by Gasteiger charge is -2.26. The van der Waals surface area contributed by atoms with Gasteiger partial charge in [-0.2, -0.15) is 8.42 Å². The fourth-order valence-corrected chi connectivity index (χ4v) is 3.06. The van der Waals surface area contributed by atoms with Crippen LogP contribution in [0.5, 0.6) is 0 Å². The van der Waals surface area contributed by atoms with Gasteiger partial charge in [-0.05, 0) is 50.0 Å². The Kier molecular flexibility index (Phi) is 10.2. The number of rotatable bonds is 7. The fourth-order valence-electron chi connectivity index (χ4n) is 3.06. The van der Waals surface area contributed by atoms with Crippen molar-refractivity contribution in [3.8, 4) is 0 Å². The van der Waals surface area contributed by atoms with Crippen LogP contribution in [0.3, 0.4) is 0 Å². The second-order valence-electron chi connectivity index (χ2n) is 6.89. The van der Waals surface area contributed by atoms with Crippen molar-refractivity contribution >= 4 is 10.1 Å². The molecule has 0 saturated heterocycles. The van der Waals surface area contributed by atoms with Crippen LogP contribution in [-0.4, -0.2) is 40.9 Å². The minimum Gasteiger partial charge on any atom is -0.396 e. The molecule has 0 unspecified atom stereocenters. The van der Waals surface area contributed by atoms with Crippen LogP contribution >= 0.6 is 0 Å². The lowest BCUT2D eigenvalue weighted by atomic mass is 9.82. The summed E-state index contributed by atoms with van der Waals surface area (Å²) in [5.74, 6) is 2.02. The van der Waals surface area contributed by atoms with E-state index in [-0.39, 0.29) is 0 Å². The second-order valence-corrected chi connectivity index (χ2v) is 8.36. The molecule has 6 nitrogen and oxygen atoms in total. The van der Waals surface area contributed by atoms with Crippen molar-refractivity contribution < 1.29 is 18.1 Å². The minimum absolute atomic E-state index is 0.338. The third kappa shape index (κ3) is 10.5. The van der Waals surface area contributed by atoms with Gasteiger partial charge in [0.25, 0.3) is 10.1 Å². The number of nitrogens with zero attached hydrogens (tertiary/aromatic N) is 2. The zero-order valence-electron chi connectivity index (χ0n) is 15.4. The second kappa shape index (κ2) is 11.5. The Balaban J connectivity index is 0.000000550. The number of hydrogen-bond acceptors (Lipinski definition) is 5. The van der Waals surface area contributed by atoms with E-state index in [1.165, 1.54) is 31.2 Å². The monoisotopic (exact) mass is 372 g/mol. The highest BCUT2D eigenvalue weighted by Gasteiger charge is 2.23. The molecule has 0 radical (unpaired) electrons. The Bertz CT molecular complexity index is 559. The van der Waals surface area contributed by atoms with Gasteiger partial charge >= 0.3 is 0 Å².